The second kappa shape index (κ2) is 8.14. The Morgan fingerprint density at radius 2 is 1.82 bits per heavy atom. The molecule has 2 aromatic carbocycles. The van der Waals surface area contributed by atoms with E-state index in [2.05, 4.69) is 4.98 Å². The van der Waals surface area contributed by atoms with Crippen LogP contribution in [0.3, 0.4) is 0 Å². The van der Waals surface area contributed by atoms with Crippen LogP contribution in [-0.2, 0) is 4.74 Å². The molecule has 0 saturated carbocycles. The summed E-state index contributed by atoms with van der Waals surface area (Å²) in [5, 5.41) is 0.522. The zero-order valence-corrected chi connectivity index (χ0v) is 15.5. The number of nitrogens with zero attached hydrogens (tertiary/aromatic N) is 1. The number of carbonyl (C=O) groups is 2. The molecule has 140 valence electrons. The predicted octanol–water partition coefficient (Wildman–Crippen LogP) is 4.00. The Morgan fingerprint density at radius 3 is 2.68 bits per heavy atom. The number of hydrogen-bond donors (Lipinski definition) is 0. The van der Waals surface area contributed by atoms with Crippen LogP contribution in [-0.4, -0.2) is 30.1 Å². The summed E-state index contributed by atoms with van der Waals surface area (Å²) >= 11 is 1.36. The monoisotopic (exact) mass is 393 g/mol. The molecule has 0 aliphatic carbocycles. The third kappa shape index (κ3) is 3.99. The number of rotatable bonds is 6. The van der Waals surface area contributed by atoms with Gasteiger partial charge in [-0.3, -0.25) is 4.79 Å². The lowest BCUT2D eigenvalue weighted by Gasteiger charge is -2.08. The predicted molar refractivity (Wildman–Crippen MR) is 102 cm³/mol. The van der Waals surface area contributed by atoms with E-state index in [9.17, 15) is 9.59 Å². The van der Waals surface area contributed by atoms with Gasteiger partial charge in [0.25, 0.3) is 0 Å². The lowest BCUT2D eigenvalue weighted by molar-refractivity contribution is 0.0470. The lowest BCUT2D eigenvalue weighted by Crippen LogP contribution is -2.15. The van der Waals surface area contributed by atoms with Gasteiger partial charge < -0.3 is 14.2 Å². The molecule has 0 radical (unpaired) electrons. The minimum atomic E-state index is -0.597. The van der Waals surface area contributed by atoms with Crippen LogP contribution in [0, 0.1) is 0 Å². The quantitative estimate of drug-likeness (QED) is 0.463. The molecule has 1 aliphatic rings. The highest BCUT2D eigenvalue weighted by atomic mass is 32.2. The SMILES string of the molecule is O=C(COC(=O)c1cccnc1Sc1ccccc1)c1ccc2c(c1)OCO2. The molecule has 0 saturated heterocycles. The molecule has 0 bridgehead atoms. The Kier molecular flexibility index (Phi) is 5.25. The van der Waals surface area contributed by atoms with Gasteiger partial charge in [0.2, 0.25) is 6.79 Å². The largest absolute Gasteiger partial charge is 0.454 e. The van der Waals surface area contributed by atoms with Gasteiger partial charge in [-0.2, -0.15) is 0 Å². The molecule has 0 atom stereocenters. The molecule has 0 spiro atoms. The van der Waals surface area contributed by atoms with E-state index in [4.69, 9.17) is 14.2 Å². The number of aromatic nitrogens is 1. The zero-order chi connectivity index (χ0) is 19.3. The molecule has 0 fully saturated rings. The van der Waals surface area contributed by atoms with Crippen LogP contribution in [0.1, 0.15) is 20.7 Å². The van der Waals surface area contributed by atoms with E-state index >= 15 is 0 Å². The third-order valence-electron chi connectivity index (χ3n) is 3.98. The molecule has 4 rings (SSSR count). The first kappa shape index (κ1) is 18.1. The smallest absolute Gasteiger partial charge is 0.341 e. The average Bonchev–Trinajstić information content (AvgIpc) is 3.21. The molecular formula is C21H15NO5S. The number of pyridine rings is 1. The summed E-state index contributed by atoms with van der Waals surface area (Å²) < 4.78 is 15.7. The molecule has 6 nitrogen and oxygen atoms in total. The number of fused-ring (bicyclic) bond motifs is 1. The van der Waals surface area contributed by atoms with Gasteiger partial charge in [0.05, 0.1) is 5.56 Å². The fourth-order valence-corrected chi connectivity index (χ4v) is 3.48. The summed E-state index contributed by atoms with van der Waals surface area (Å²) in [4.78, 5) is 30.1. The fraction of sp³-hybridized carbons (Fsp3) is 0.0952. The molecule has 28 heavy (non-hydrogen) atoms. The zero-order valence-electron chi connectivity index (χ0n) is 14.7. The van der Waals surface area contributed by atoms with Gasteiger partial charge in [-0.05, 0) is 42.5 Å². The maximum atomic E-state index is 12.5. The maximum Gasteiger partial charge on any atom is 0.341 e. The van der Waals surface area contributed by atoms with Gasteiger partial charge >= 0.3 is 5.97 Å². The number of carbonyl (C=O) groups excluding carboxylic acids is 2. The van der Waals surface area contributed by atoms with Gasteiger partial charge in [0.1, 0.15) is 5.03 Å². The van der Waals surface area contributed by atoms with Crippen molar-refractivity contribution in [2.75, 3.05) is 13.4 Å². The van der Waals surface area contributed by atoms with Gasteiger partial charge in [0, 0.05) is 16.7 Å². The number of ketones is 1. The van der Waals surface area contributed by atoms with Gasteiger partial charge in [0.15, 0.2) is 23.9 Å². The van der Waals surface area contributed by atoms with Crippen molar-refractivity contribution in [1.29, 1.82) is 0 Å². The first-order valence-electron chi connectivity index (χ1n) is 8.48. The van der Waals surface area contributed by atoms with E-state index < -0.39 is 5.97 Å². The second-order valence-corrected chi connectivity index (χ2v) is 6.90. The van der Waals surface area contributed by atoms with Crippen molar-refractivity contribution < 1.29 is 23.8 Å². The summed E-state index contributed by atoms with van der Waals surface area (Å²) in [6, 6.07) is 17.7. The molecular weight excluding hydrogens is 378 g/mol. The van der Waals surface area contributed by atoms with E-state index in [1.165, 1.54) is 11.8 Å². The first-order valence-corrected chi connectivity index (χ1v) is 9.30. The molecule has 0 N–H and O–H groups in total. The van der Waals surface area contributed by atoms with Gasteiger partial charge in [-0.1, -0.05) is 30.0 Å². The number of ether oxygens (including phenoxy) is 3. The summed E-state index contributed by atoms with van der Waals surface area (Å²) in [7, 11) is 0. The van der Waals surface area contributed by atoms with Crippen LogP contribution in [0.15, 0.2) is 76.8 Å². The number of esters is 1. The highest BCUT2D eigenvalue weighted by Crippen LogP contribution is 2.32. The molecule has 2 heterocycles. The van der Waals surface area contributed by atoms with Crippen LogP contribution in [0.25, 0.3) is 0 Å². The number of hydrogen-bond acceptors (Lipinski definition) is 7. The van der Waals surface area contributed by atoms with Crippen molar-refractivity contribution in [2.45, 2.75) is 9.92 Å². The Labute approximate surface area is 165 Å². The van der Waals surface area contributed by atoms with Crippen molar-refractivity contribution in [3.05, 3.63) is 78.0 Å². The van der Waals surface area contributed by atoms with Crippen molar-refractivity contribution >= 4 is 23.5 Å². The van der Waals surface area contributed by atoms with Crippen molar-refractivity contribution in [1.82, 2.24) is 4.98 Å². The van der Waals surface area contributed by atoms with Crippen LogP contribution >= 0.6 is 11.8 Å². The van der Waals surface area contributed by atoms with Crippen LogP contribution in [0.5, 0.6) is 11.5 Å². The van der Waals surface area contributed by atoms with E-state index in [0.717, 1.165) is 4.90 Å². The Morgan fingerprint density at radius 1 is 1.00 bits per heavy atom. The molecule has 3 aromatic rings. The van der Waals surface area contributed by atoms with Crippen LogP contribution in [0.4, 0.5) is 0 Å². The molecule has 0 amide bonds. The molecule has 0 unspecified atom stereocenters. The normalized spacial score (nSPS) is 11.9. The maximum absolute atomic E-state index is 12.5. The average molecular weight is 393 g/mol. The molecule has 1 aliphatic heterocycles. The van der Waals surface area contributed by atoms with Crippen molar-refractivity contribution in [2.24, 2.45) is 0 Å². The Balaban J connectivity index is 1.43. The Hall–Kier alpha value is -3.32. The Bertz CT molecular complexity index is 1020. The molecule has 1 aromatic heterocycles. The standard InChI is InChI=1S/C21H15NO5S/c23-17(14-8-9-18-19(11-14)27-13-26-18)12-25-21(24)16-7-4-10-22-20(16)28-15-5-2-1-3-6-15/h1-11H,12-13H2. The first-order chi connectivity index (χ1) is 13.7. The van der Waals surface area contributed by atoms with E-state index in [1.807, 2.05) is 30.3 Å². The van der Waals surface area contributed by atoms with E-state index in [-0.39, 0.29) is 19.2 Å². The van der Waals surface area contributed by atoms with Gasteiger partial charge in [-0.15, -0.1) is 0 Å². The highest BCUT2D eigenvalue weighted by Gasteiger charge is 2.19. The fourth-order valence-electron chi connectivity index (χ4n) is 2.59. The summed E-state index contributed by atoms with van der Waals surface area (Å²) in [6.45, 7) is -0.242. The minimum absolute atomic E-state index is 0.130. The summed E-state index contributed by atoms with van der Waals surface area (Å²) in [5.41, 5.74) is 0.706. The topological polar surface area (TPSA) is 74.7 Å². The summed E-state index contributed by atoms with van der Waals surface area (Å²) in [6.07, 6.45) is 1.61. The minimum Gasteiger partial charge on any atom is -0.454 e. The number of Topliss-reactive ketones (excluding diaryl/α,β-unsaturated/α-hetero) is 1. The van der Waals surface area contributed by atoms with E-state index in [1.54, 1.807) is 36.5 Å². The number of benzene rings is 2. The van der Waals surface area contributed by atoms with Crippen molar-refractivity contribution in [3.63, 3.8) is 0 Å². The third-order valence-corrected chi connectivity index (χ3v) is 5.00. The van der Waals surface area contributed by atoms with Gasteiger partial charge in [-0.25, -0.2) is 9.78 Å². The van der Waals surface area contributed by atoms with E-state index in [0.29, 0.717) is 27.7 Å². The molecule has 7 heteroatoms. The second-order valence-electron chi connectivity index (χ2n) is 5.84. The summed E-state index contributed by atoms with van der Waals surface area (Å²) in [5.74, 6) is 0.172. The van der Waals surface area contributed by atoms with Crippen LogP contribution < -0.4 is 9.47 Å². The highest BCUT2D eigenvalue weighted by molar-refractivity contribution is 7.99. The lowest BCUT2D eigenvalue weighted by atomic mass is 10.1. The van der Waals surface area contributed by atoms with Crippen molar-refractivity contribution in [3.8, 4) is 11.5 Å². The van der Waals surface area contributed by atoms with Crippen LogP contribution in [0.2, 0.25) is 0 Å².